The van der Waals surface area contributed by atoms with Crippen LogP contribution in [0.1, 0.15) is 34.9 Å². The first-order valence-corrected chi connectivity index (χ1v) is 9.11. The van der Waals surface area contributed by atoms with Crippen LogP contribution in [0.3, 0.4) is 0 Å². The SMILES string of the molecule is CCc1cc(C)cc(/N=c2/c(C)c(C)cc(C)n2N)c1S(=O)(=O)O. The molecule has 0 radical (unpaired) electrons. The van der Waals surface area contributed by atoms with Crippen LogP contribution in [0.4, 0.5) is 5.69 Å². The van der Waals surface area contributed by atoms with Gasteiger partial charge in [0.1, 0.15) is 4.90 Å². The molecule has 0 aliphatic rings. The maximum Gasteiger partial charge on any atom is 0.296 e. The van der Waals surface area contributed by atoms with Crippen molar-refractivity contribution in [2.45, 2.75) is 45.9 Å². The number of rotatable bonds is 3. The largest absolute Gasteiger partial charge is 0.338 e. The molecule has 0 saturated carbocycles. The fourth-order valence-electron chi connectivity index (χ4n) is 2.74. The van der Waals surface area contributed by atoms with Crippen LogP contribution in [0.25, 0.3) is 0 Å². The maximum absolute atomic E-state index is 11.9. The highest BCUT2D eigenvalue weighted by molar-refractivity contribution is 7.86. The van der Waals surface area contributed by atoms with E-state index in [1.54, 1.807) is 12.1 Å². The average molecular weight is 349 g/mol. The van der Waals surface area contributed by atoms with Crippen molar-refractivity contribution in [2.75, 3.05) is 5.84 Å². The first-order chi connectivity index (χ1) is 11.1. The highest BCUT2D eigenvalue weighted by Crippen LogP contribution is 2.29. The molecule has 0 aliphatic carbocycles. The predicted molar refractivity (Wildman–Crippen MR) is 94.4 cm³/mol. The van der Waals surface area contributed by atoms with Crippen molar-refractivity contribution in [3.05, 3.63) is 51.6 Å². The van der Waals surface area contributed by atoms with E-state index in [-0.39, 0.29) is 10.6 Å². The number of aromatic nitrogens is 1. The highest BCUT2D eigenvalue weighted by atomic mass is 32.2. The summed E-state index contributed by atoms with van der Waals surface area (Å²) in [6.07, 6.45) is 0.466. The Hall–Kier alpha value is -2.12. The van der Waals surface area contributed by atoms with Crippen LogP contribution in [0.2, 0.25) is 0 Å². The van der Waals surface area contributed by atoms with Crippen molar-refractivity contribution in [1.29, 1.82) is 0 Å². The minimum atomic E-state index is -4.40. The molecule has 0 spiro atoms. The van der Waals surface area contributed by atoms with E-state index in [2.05, 4.69) is 4.99 Å². The summed E-state index contributed by atoms with van der Waals surface area (Å²) in [7, 11) is -4.40. The molecule has 0 fully saturated rings. The second kappa shape index (κ2) is 6.41. The molecular weight excluding hydrogens is 326 g/mol. The number of aryl methyl sites for hydroxylation is 4. The van der Waals surface area contributed by atoms with E-state index >= 15 is 0 Å². The van der Waals surface area contributed by atoms with E-state index in [1.807, 2.05) is 40.7 Å². The zero-order valence-corrected chi connectivity index (χ0v) is 15.4. The summed E-state index contributed by atoms with van der Waals surface area (Å²) in [5.74, 6) is 6.08. The van der Waals surface area contributed by atoms with Crippen molar-refractivity contribution in [3.8, 4) is 0 Å². The Bertz CT molecular complexity index is 944. The van der Waals surface area contributed by atoms with Crippen LogP contribution in [-0.2, 0) is 16.5 Å². The summed E-state index contributed by atoms with van der Waals surface area (Å²) < 4.78 is 34.9. The van der Waals surface area contributed by atoms with E-state index in [1.165, 1.54) is 4.68 Å². The quantitative estimate of drug-likeness (QED) is 0.657. The molecule has 1 aromatic carbocycles. The Labute approximate surface area is 142 Å². The topological polar surface area (TPSA) is 97.7 Å². The van der Waals surface area contributed by atoms with E-state index in [9.17, 15) is 13.0 Å². The van der Waals surface area contributed by atoms with Crippen molar-refractivity contribution in [2.24, 2.45) is 4.99 Å². The minimum absolute atomic E-state index is 0.158. The molecule has 24 heavy (non-hydrogen) atoms. The van der Waals surface area contributed by atoms with Gasteiger partial charge in [-0.2, -0.15) is 8.42 Å². The number of benzene rings is 1. The Kier molecular flexibility index (Phi) is 4.87. The van der Waals surface area contributed by atoms with E-state index in [0.29, 0.717) is 17.5 Å². The van der Waals surface area contributed by atoms with Crippen molar-refractivity contribution in [3.63, 3.8) is 0 Å². The zero-order valence-electron chi connectivity index (χ0n) is 14.6. The molecule has 6 nitrogen and oxygen atoms in total. The van der Waals surface area contributed by atoms with Gasteiger partial charge in [0.05, 0.1) is 5.69 Å². The van der Waals surface area contributed by atoms with Crippen LogP contribution in [-0.4, -0.2) is 17.6 Å². The van der Waals surface area contributed by atoms with Crippen molar-refractivity contribution in [1.82, 2.24) is 4.68 Å². The summed E-state index contributed by atoms with van der Waals surface area (Å²) in [6, 6.07) is 5.32. The van der Waals surface area contributed by atoms with Gasteiger partial charge in [-0.05, 0) is 68.5 Å². The molecule has 1 aromatic heterocycles. The molecular formula is C17H23N3O3S. The lowest BCUT2D eigenvalue weighted by Gasteiger charge is -2.13. The standard InChI is InChI=1S/C17H23N3O3S/c1-6-14-7-10(2)8-15(16(14)24(21,22)23)19-17-13(5)11(3)9-12(4)20(17)18/h7-9H,6,18H2,1-5H3,(H,21,22,23)/b19-17-. The van der Waals surface area contributed by atoms with Gasteiger partial charge in [0.2, 0.25) is 0 Å². The third kappa shape index (κ3) is 3.37. The molecule has 0 saturated heterocycles. The third-order valence-electron chi connectivity index (χ3n) is 4.12. The lowest BCUT2D eigenvalue weighted by atomic mass is 10.1. The Balaban J connectivity index is 2.97. The third-order valence-corrected chi connectivity index (χ3v) is 5.10. The number of nitrogens with two attached hydrogens (primary N) is 1. The van der Waals surface area contributed by atoms with E-state index in [0.717, 1.165) is 22.4 Å². The number of pyridine rings is 1. The molecule has 1 heterocycles. The van der Waals surface area contributed by atoms with Gasteiger partial charge in [0, 0.05) is 5.69 Å². The molecule has 0 atom stereocenters. The summed E-state index contributed by atoms with van der Waals surface area (Å²) in [4.78, 5) is 4.34. The van der Waals surface area contributed by atoms with Crippen LogP contribution in [0.15, 0.2) is 28.1 Å². The Morgan fingerprint density at radius 3 is 2.33 bits per heavy atom. The maximum atomic E-state index is 11.9. The summed E-state index contributed by atoms with van der Waals surface area (Å²) in [5.41, 5.74) is 4.71. The summed E-state index contributed by atoms with van der Waals surface area (Å²) in [6.45, 7) is 9.36. The van der Waals surface area contributed by atoms with Crippen LogP contribution in [0, 0.1) is 27.7 Å². The lowest BCUT2D eigenvalue weighted by Crippen LogP contribution is -2.32. The molecule has 0 aliphatic heterocycles. The fourth-order valence-corrected chi connectivity index (χ4v) is 3.64. The van der Waals surface area contributed by atoms with Gasteiger partial charge in [-0.3, -0.25) is 4.55 Å². The normalized spacial score (nSPS) is 12.7. The van der Waals surface area contributed by atoms with Crippen LogP contribution in [0.5, 0.6) is 0 Å². The number of nitrogen functional groups attached to an aromatic ring is 1. The van der Waals surface area contributed by atoms with Crippen molar-refractivity contribution < 1.29 is 13.0 Å². The predicted octanol–water partition coefficient (Wildman–Crippen LogP) is 2.48. The van der Waals surface area contributed by atoms with Gasteiger partial charge in [-0.25, -0.2) is 9.67 Å². The summed E-state index contributed by atoms with van der Waals surface area (Å²) in [5, 5.41) is 0. The number of hydrogen-bond acceptors (Lipinski definition) is 4. The zero-order chi connectivity index (χ0) is 18.2. The molecule has 3 N–H and O–H groups in total. The van der Waals surface area contributed by atoms with Crippen LogP contribution >= 0.6 is 0 Å². The van der Waals surface area contributed by atoms with E-state index in [4.69, 9.17) is 5.84 Å². The molecule has 0 amide bonds. The second-order valence-electron chi connectivity index (χ2n) is 6.00. The van der Waals surface area contributed by atoms with Gasteiger partial charge in [-0.1, -0.05) is 13.0 Å². The van der Waals surface area contributed by atoms with Crippen molar-refractivity contribution >= 4 is 15.8 Å². The second-order valence-corrected chi connectivity index (χ2v) is 7.36. The van der Waals surface area contributed by atoms with Gasteiger partial charge in [0.25, 0.3) is 10.1 Å². The van der Waals surface area contributed by atoms with Gasteiger partial charge in [-0.15, -0.1) is 0 Å². The first kappa shape index (κ1) is 18.2. The average Bonchev–Trinajstić information content (AvgIpc) is 2.47. The smallest absolute Gasteiger partial charge is 0.296 e. The summed E-state index contributed by atoms with van der Waals surface area (Å²) >= 11 is 0. The molecule has 0 unspecified atom stereocenters. The minimum Gasteiger partial charge on any atom is -0.338 e. The fraction of sp³-hybridized carbons (Fsp3) is 0.353. The lowest BCUT2D eigenvalue weighted by molar-refractivity contribution is 0.482. The van der Waals surface area contributed by atoms with E-state index < -0.39 is 10.1 Å². The first-order valence-electron chi connectivity index (χ1n) is 7.67. The highest BCUT2D eigenvalue weighted by Gasteiger charge is 2.20. The molecule has 7 heteroatoms. The number of nitrogens with zero attached hydrogens (tertiary/aromatic N) is 2. The van der Waals surface area contributed by atoms with Gasteiger partial charge < -0.3 is 5.84 Å². The molecule has 2 aromatic rings. The molecule has 2 rings (SSSR count). The van der Waals surface area contributed by atoms with Gasteiger partial charge >= 0.3 is 0 Å². The Morgan fingerprint density at radius 2 is 1.79 bits per heavy atom. The van der Waals surface area contributed by atoms with Gasteiger partial charge in [0.15, 0.2) is 5.49 Å². The van der Waals surface area contributed by atoms with Crippen LogP contribution < -0.4 is 11.3 Å². The monoisotopic (exact) mass is 349 g/mol. The molecule has 0 bridgehead atoms. The molecule has 130 valence electrons. The number of hydrogen-bond donors (Lipinski definition) is 2. The Morgan fingerprint density at radius 1 is 1.17 bits per heavy atom.